The molecule has 5 heterocycles. The van der Waals surface area contributed by atoms with Crippen molar-refractivity contribution in [2.24, 2.45) is 0 Å². The molecule has 0 radical (unpaired) electrons. The zero-order valence-corrected chi connectivity index (χ0v) is 15.5. The number of hydrogen-bond acceptors (Lipinski definition) is 5. The van der Waals surface area contributed by atoms with Crippen LogP contribution in [-0.2, 0) is 6.54 Å². The molecule has 1 fully saturated rings. The number of fused-ring (bicyclic) bond motifs is 1. The van der Waals surface area contributed by atoms with Gasteiger partial charge in [-0.3, -0.25) is 9.69 Å². The van der Waals surface area contributed by atoms with Gasteiger partial charge in [0, 0.05) is 13.1 Å². The number of hydrogen-bond donors (Lipinski definition) is 0. The number of rotatable bonds is 3. The van der Waals surface area contributed by atoms with Gasteiger partial charge in [-0.1, -0.05) is 6.07 Å². The van der Waals surface area contributed by atoms with E-state index in [1.54, 1.807) is 23.0 Å². The Kier molecular flexibility index (Phi) is 3.85. The highest BCUT2D eigenvalue weighted by Gasteiger charge is 2.35. The molecule has 5 rings (SSSR count). The SMILES string of the molecule is Cc1c2c(nn1-c1ccc(N3CCCC3)nc1)CN(c1cccc(F)n1)C2=O. The molecule has 8 heteroatoms. The molecule has 0 saturated carbocycles. The molecule has 0 bridgehead atoms. The van der Waals surface area contributed by atoms with Gasteiger partial charge in [-0.15, -0.1) is 0 Å². The number of carbonyl (C=O) groups excluding carboxylic acids is 1. The molecule has 1 saturated heterocycles. The van der Waals surface area contributed by atoms with E-state index < -0.39 is 5.95 Å². The van der Waals surface area contributed by atoms with Gasteiger partial charge in [0.25, 0.3) is 5.91 Å². The number of carbonyl (C=O) groups is 1. The highest BCUT2D eigenvalue weighted by molar-refractivity contribution is 6.10. The normalized spacial score (nSPS) is 16.1. The lowest BCUT2D eigenvalue weighted by Crippen LogP contribution is -2.25. The Hall–Kier alpha value is -3.29. The van der Waals surface area contributed by atoms with Crippen molar-refractivity contribution < 1.29 is 9.18 Å². The van der Waals surface area contributed by atoms with Crippen molar-refractivity contribution >= 4 is 17.5 Å². The monoisotopic (exact) mass is 378 g/mol. The first kappa shape index (κ1) is 16.9. The summed E-state index contributed by atoms with van der Waals surface area (Å²) in [7, 11) is 0. The Bertz CT molecular complexity index is 1060. The van der Waals surface area contributed by atoms with Gasteiger partial charge in [0.2, 0.25) is 5.95 Å². The molecule has 3 aromatic rings. The average Bonchev–Trinajstić information content (AvgIpc) is 3.41. The maximum Gasteiger partial charge on any atom is 0.263 e. The van der Waals surface area contributed by atoms with Crippen LogP contribution in [0.3, 0.4) is 0 Å². The third-order valence-corrected chi connectivity index (χ3v) is 5.34. The second-order valence-corrected chi connectivity index (χ2v) is 7.10. The van der Waals surface area contributed by atoms with Crippen molar-refractivity contribution in [3.8, 4) is 5.69 Å². The van der Waals surface area contributed by atoms with E-state index >= 15 is 0 Å². The molecule has 28 heavy (non-hydrogen) atoms. The molecule has 7 nitrogen and oxygen atoms in total. The molecule has 0 spiro atoms. The molecule has 0 aliphatic carbocycles. The molecule has 2 aliphatic heterocycles. The van der Waals surface area contributed by atoms with Crippen molar-refractivity contribution in [2.45, 2.75) is 26.3 Å². The summed E-state index contributed by atoms with van der Waals surface area (Å²) in [5, 5.41) is 4.62. The van der Waals surface area contributed by atoms with Gasteiger partial charge >= 0.3 is 0 Å². The Morgan fingerprint density at radius 2 is 1.89 bits per heavy atom. The standard InChI is InChI=1S/C20H19FN6O/c1-13-19-15(12-26(20(19)28)18-6-4-5-16(21)23-18)24-27(13)14-7-8-17(22-11-14)25-9-2-3-10-25/h4-8,11H,2-3,9-10,12H2,1H3. The minimum absolute atomic E-state index is 0.210. The summed E-state index contributed by atoms with van der Waals surface area (Å²) in [6.07, 6.45) is 4.19. The lowest BCUT2D eigenvalue weighted by Gasteiger charge is -2.17. The third kappa shape index (κ3) is 2.64. The smallest absolute Gasteiger partial charge is 0.263 e. The predicted octanol–water partition coefficient (Wildman–Crippen LogP) is 2.87. The van der Waals surface area contributed by atoms with E-state index in [0.29, 0.717) is 17.1 Å². The maximum absolute atomic E-state index is 13.4. The van der Waals surface area contributed by atoms with Crippen molar-refractivity contribution in [1.82, 2.24) is 19.7 Å². The van der Waals surface area contributed by atoms with Crippen LogP contribution in [0.15, 0.2) is 36.5 Å². The summed E-state index contributed by atoms with van der Waals surface area (Å²) >= 11 is 0. The van der Waals surface area contributed by atoms with Crippen molar-refractivity contribution in [2.75, 3.05) is 22.9 Å². The van der Waals surface area contributed by atoms with Gasteiger partial charge in [-0.05, 0) is 44.0 Å². The minimum atomic E-state index is -0.610. The first-order chi connectivity index (χ1) is 13.6. The lowest BCUT2D eigenvalue weighted by atomic mass is 10.2. The number of amides is 1. The van der Waals surface area contributed by atoms with Crippen LogP contribution in [0.4, 0.5) is 16.0 Å². The molecule has 3 aromatic heterocycles. The molecule has 142 valence electrons. The zero-order chi connectivity index (χ0) is 19.3. The number of aromatic nitrogens is 4. The molecule has 0 aromatic carbocycles. The first-order valence-electron chi connectivity index (χ1n) is 9.36. The van der Waals surface area contributed by atoms with Gasteiger partial charge in [0.1, 0.15) is 11.6 Å². The lowest BCUT2D eigenvalue weighted by molar-refractivity contribution is 0.0995. The van der Waals surface area contributed by atoms with Gasteiger partial charge < -0.3 is 4.90 Å². The van der Waals surface area contributed by atoms with Crippen LogP contribution in [0.5, 0.6) is 0 Å². The second-order valence-electron chi connectivity index (χ2n) is 7.10. The van der Waals surface area contributed by atoms with E-state index in [1.807, 2.05) is 19.1 Å². The van der Waals surface area contributed by atoms with Crippen molar-refractivity contribution in [3.63, 3.8) is 0 Å². The van der Waals surface area contributed by atoms with Gasteiger partial charge in [-0.2, -0.15) is 9.49 Å². The summed E-state index contributed by atoms with van der Waals surface area (Å²) in [4.78, 5) is 25.0. The van der Waals surface area contributed by atoms with Crippen LogP contribution in [0.2, 0.25) is 0 Å². The number of anilines is 2. The second kappa shape index (κ2) is 6.40. The molecule has 1 amide bonds. The summed E-state index contributed by atoms with van der Waals surface area (Å²) in [5.74, 6) is 0.447. The van der Waals surface area contributed by atoms with Crippen LogP contribution in [0.25, 0.3) is 5.69 Å². The summed E-state index contributed by atoms with van der Waals surface area (Å²) < 4.78 is 15.2. The van der Waals surface area contributed by atoms with E-state index in [1.165, 1.54) is 23.8 Å². The van der Waals surface area contributed by atoms with E-state index in [9.17, 15) is 9.18 Å². The third-order valence-electron chi connectivity index (χ3n) is 5.34. The van der Waals surface area contributed by atoms with Crippen LogP contribution in [0, 0.1) is 12.9 Å². The minimum Gasteiger partial charge on any atom is -0.357 e. The number of halogens is 1. The highest BCUT2D eigenvalue weighted by atomic mass is 19.1. The largest absolute Gasteiger partial charge is 0.357 e. The predicted molar refractivity (Wildman–Crippen MR) is 102 cm³/mol. The highest BCUT2D eigenvalue weighted by Crippen LogP contribution is 2.30. The molecule has 0 N–H and O–H groups in total. The molecule has 0 unspecified atom stereocenters. The summed E-state index contributed by atoms with van der Waals surface area (Å²) in [6, 6.07) is 8.40. The molecular formula is C20H19FN6O. The van der Waals surface area contributed by atoms with Crippen LogP contribution < -0.4 is 9.80 Å². The fourth-order valence-corrected chi connectivity index (χ4v) is 3.93. The van der Waals surface area contributed by atoms with Crippen molar-refractivity contribution in [3.05, 3.63) is 59.4 Å². The fourth-order valence-electron chi connectivity index (χ4n) is 3.93. The van der Waals surface area contributed by atoms with Gasteiger partial charge in [-0.25, -0.2) is 14.6 Å². The van der Waals surface area contributed by atoms with Crippen LogP contribution >= 0.6 is 0 Å². The quantitative estimate of drug-likeness (QED) is 0.656. The fraction of sp³-hybridized carbons (Fsp3) is 0.300. The average molecular weight is 378 g/mol. The first-order valence-corrected chi connectivity index (χ1v) is 9.36. The molecular weight excluding hydrogens is 359 g/mol. The van der Waals surface area contributed by atoms with Crippen LogP contribution in [-0.4, -0.2) is 38.7 Å². The Morgan fingerprint density at radius 3 is 2.57 bits per heavy atom. The van der Waals surface area contributed by atoms with E-state index in [2.05, 4.69) is 20.0 Å². The Morgan fingerprint density at radius 1 is 1.07 bits per heavy atom. The Labute approximate surface area is 161 Å². The maximum atomic E-state index is 13.4. The van der Waals surface area contributed by atoms with Gasteiger partial charge in [0.05, 0.1) is 35.4 Å². The Balaban J connectivity index is 1.44. The van der Waals surface area contributed by atoms with Crippen LogP contribution in [0.1, 0.15) is 34.6 Å². The summed E-state index contributed by atoms with van der Waals surface area (Å²) in [6.45, 7) is 4.22. The molecule has 2 aliphatic rings. The van der Waals surface area contributed by atoms with E-state index in [0.717, 1.165) is 30.3 Å². The number of pyridine rings is 2. The van der Waals surface area contributed by atoms with E-state index in [4.69, 9.17) is 0 Å². The van der Waals surface area contributed by atoms with Gasteiger partial charge in [0.15, 0.2) is 0 Å². The number of nitrogens with zero attached hydrogens (tertiary/aromatic N) is 6. The topological polar surface area (TPSA) is 67.2 Å². The molecule has 0 atom stereocenters. The zero-order valence-electron chi connectivity index (χ0n) is 15.5. The van der Waals surface area contributed by atoms with Crippen molar-refractivity contribution in [1.29, 1.82) is 0 Å². The summed E-state index contributed by atoms with van der Waals surface area (Å²) in [5.41, 5.74) is 2.78. The van der Waals surface area contributed by atoms with E-state index in [-0.39, 0.29) is 12.5 Å².